The normalized spacial score (nSPS) is 10.9. The van der Waals surface area contributed by atoms with Crippen molar-refractivity contribution in [2.45, 2.75) is 33.6 Å². The molecule has 122 valence electrons. The number of carbonyl (C=O) groups excluding carboxylic acids is 1. The Kier molecular flexibility index (Phi) is 5.80. The van der Waals surface area contributed by atoms with E-state index in [1.54, 1.807) is 12.1 Å². The standard InChI is InChI=1S/C20H25NO2/c1-14(2)13-23-19-7-5-6-17(12-19)20(22)21-18-10-8-16(9-11-18)15(3)4/h5-12,14-15H,13H2,1-4H3,(H,21,22). The molecule has 3 heteroatoms. The third-order valence-corrected chi connectivity index (χ3v) is 3.51. The number of hydrogen-bond donors (Lipinski definition) is 1. The minimum atomic E-state index is -0.128. The molecular formula is C20H25NO2. The maximum Gasteiger partial charge on any atom is 0.255 e. The van der Waals surface area contributed by atoms with Crippen molar-refractivity contribution in [1.29, 1.82) is 0 Å². The summed E-state index contributed by atoms with van der Waals surface area (Å²) in [6, 6.07) is 15.2. The largest absolute Gasteiger partial charge is 0.493 e. The summed E-state index contributed by atoms with van der Waals surface area (Å²) in [5.74, 6) is 1.53. The van der Waals surface area contributed by atoms with Crippen molar-refractivity contribution in [3.63, 3.8) is 0 Å². The molecule has 0 atom stereocenters. The molecule has 0 spiro atoms. The molecule has 1 amide bonds. The molecule has 2 aromatic carbocycles. The van der Waals surface area contributed by atoms with E-state index in [1.165, 1.54) is 5.56 Å². The van der Waals surface area contributed by atoms with Crippen molar-refractivity contribution in [3.8, 4) is 5.75 Å². The summed E-state index contributed by atoms with van der Waals surface area (Å²) in [4.78, 5) is 12.4. The highest BCUT2D eigenvalue weighted by Gasteiger charge is 2.08. The molecule has 2 aromatic rings. The van der Waals surface area contributed by atoms with Crippen LogP contribution in [0.25, 0.3) is 0 Å². The van der Waals surface area contributed by atoms with Crippen LogP contribution in [0.4, 0.5) is 5.69 Å². The van der Waals surface area contributed by atoms with Crippen LogP contribution in [0.1, 0.15) is 49.5 Å². The lowest BCUT2D eigenvalue weighted by atomic mass is 10.0. The zero-order valence-corrected chi connectivity index (χ0v) is 14.3. The van der Waals surface area contributed by atoms with Gasteiger partial charge in [0.2, 0.25) is 0 Å². The lowest BCUT2D eigenvalue weighted by molar-refractivity contribution is 0.102. The number of nitrogens with one attached hydrogen (secondary N) is 1. The van der Waals surface area contributed by atoms with Gasteiger partial charge in [0.15, 0.2) is 0 Å². The molecule has 0 saturated carbocycles. The van der Waals surface area contributed by atoms with E-state index in [4.69, 9.17) is 4.74 Å². The fourth-order valence-electron chi connectivity index (χ4n) is 2.14. The highest BCUT2D eigenvalue weighted by molar-refractivity contribution is 6.04. The average Bonchev–Trinajstić information content (AvgIpc) is 2.53. The Morgan fingerprint density at radius 1 is 1.04 bits per heavy atom. The predicted molar refractivity (Wildman–Crippen MR) is 95.3 cm³/mol. The number of benzene rings is 2. The van der Waals surface area contributed by atoms with Gasteiger partial charge < -0.3 is 10.1 Å². The van der Waals surface area contributed by atoms with Crippen LogP contribution in [0.3, 0.4) is 0 Å². The van der Waals surface area contributed by atoms with Gasteiger partial charge in [-0.3, -0.25) is 4.79 Å². The Morgan fingerprint density at radius 3 is 2.35 bits per heavy atom. The molecule has 0 unspecified atom stereocenters. The minimum Gasteiger partial charge on any atom is -0.493 e. The second kappa shape index (κ2) is 7.82. The van der Waals surface area contributed by atoms with Crippen LogP contribution in [0.5, 0.6) is 5.75 Å². The van der Waals surface area contributed by atoms with Gasteiger partial charge in [-0.1, -0.05) is 45.9 Å². The molecular weight excluding hydrogens is 286 g/mol. The molecule has 0 fully saturated rings. The van der Waals surface area contributed by atoms with Gasteiger partial charge in [0.25, 0.3) is 5.91 Å². The first kappa shape index (κ1) is 17.1. The number of hydrogen-bond acceptors (Lipinski definition) is 2. The SMILES string of the molecule is CC(C)COc1cccc(C(=O)Nc2ccc(C(C)C)cc2)c1. The molecule has 23 heavy (non-hydrogen) atoms. The zero-order valence-electron chi connectivity index (χ0n) is 14.3. The molecule has 0 bridgehead atoms. The highest BCUT2D eigenvalue weighted by atomic mass is 16.5. The molecule has 2 rings (SSSR count). The van der Waals surface area contributed by atoms with Gasteiger partial charge in [0.05, 0.1) is 6.61 Å². The molecule has 0 heterocycles. The van der Waals surface area contributed by atoms with Crippen LogP contribution in [-0.2, 0) is 0 Å². The summed E-state index contributed by atoms with van der Waals surface area (Å²) in [5, 5.41) is 2.92. The van der Waals surface area contributed by atoms with Gasteiger partial charge in [-0.25, -0.2) is 0 Å². The molecule has 0 aromatic heterocycles. The van der Waals surface area contributed by atoms with Crippen LogP contribution in [0.2, 0.25) is 0 Å². The first-order chi connectivity index (χ1) is 11.0. The van der Waals surface area contributed by atoms with Crippen LogP contribution >= 0.6 is 0 Å². The van der Waals surface area contributed by atoms with E-state index in [1.807, 2.05) is 36.4 Å². The van der Waals surface area contributed by atoms with Crippen LogP contribution in [0, 0.1) is 5.92 Å². The summed E-state index contributed by atoms with van der Waals surface area (Å²) in [5.41, 5.74) is 2.65. The van der Waals surface area contributed by atoms with Crippen molar-refractivity contribution >= 4 is 11.6 Å². The van der Waals surface area contributed by atoms with Gasteiger partial charge >= 0.3 is 0 Å². The summed E-state index contributed by atoms with van der Waals surface area (Å²) < 4.78 is 5.67. The van der Waals surface area contributed by atoms with Gasteiger partial charge in [0.1, 0.15) is 5.75 Å². The molecule has 0 saturated heterocycles. The summed E-state index contributed by atoms with van der Waals surface area (Å²) in [6.45, 7) is 9.13. The molecule has 0 radical (unpaired) electrons. The Hall–Kier alpha value is -2.29. The smallest absolute Gasteiger partial charge is 0.255 e. The Morgan fingerprint density at radius 2 is 1.74 bits per heavy atom. The molecule has 3 nitrogen and oxygen atoms in total. The predicted octanol–water partition coefficient (Wildman–Crippen LogP) is 5.10. The van der Waals surface area contributed by atoms with Crippen LogP contribution in [0.15, 0.2) is 48.5 Å². The van der Waals surface area contributed by atoms with E-state index in [0.717, 1.165) is 11.4 Å². The second-order valence-electron chi connectivity index (χ2n) is 6.46. The van der Waals surface area contributed by atoms with Crippen molar-refractivity contribution in [3.05, 3.63) is 59.7 Å². The maximum atomic E-state index is 12.4. The molecule has 0 aliphatic heterocycles. The van der Waals surface area contributed by atoms with Crippen molar-refractivity contribution in [2.24, 2.45) is 5.92 Å². The fourth-order valence-corrected chi connectivity index (χ4v) is 2.14. The maximum absolute atomic E-state index is 12.4. The first-order valence-electron chi connectivity index (χ1n) is 8.10. The molecule has 0 aliphatic rings. The fraction of sp³-hybridized carbons (Fsp3) is 0.350. The number of anilines is 1. The van der Waals surface area contributed by atoms with Gasteiger partial charge in [-0.15, -0.1) is 0 Å². The number of ether oxygens (including phenoxy) is 1. The zero-order chi connectivity index (χ0) is 16.8. The van der Waals surface area contributed by atoms with E-state index >= 15 is 0 Å². The van der Waals surface area contributed by atoms with Crippen molar-refractivity contribution < 1.29 is 9.53 Å². The monoisotopic (exact) mass is 311 g/mol. The first-order valence-corrected chi connectivity index (χ1v) is 8.10. The van der Waals surface area contributed by atoms with Crippen LogP contribution < -0.4 is 10.1 Å². The van der Waals surface area contributed by atoms with E-state index < -0.39 is 0 Å². The second-order valence-corrected chi connectivity index (χ2v) is 6.46. The van der Waals surface area contributed by atoms with Gasteiger partial charge in [-0.2, -0.15) is 0 Å². The Balaban J connectivity index is 2.04. The summed E-state index contributed by atoms with van der Waals surface area (Å²) in [6.07, 6.45) is 0. The van der Waals surface area contributed by atoms with Crippen molar-refractivity contribution in [1.82, 2.24) is 0 Å². The van der Waals surface area contributed by atoms with Crippen LogP contribution in [-0.4, -0.2) is 12.5 Å². The third kappa shape index (κ3) is 5.13. The van der Waals surface area contributed by atoms with E-state index in [0.29, 0.717) is 24.0 Å². The topological polar surface area (TPSA) is 38.3 Å². The molecule has 0 aliphatic carbocycles. The van der Waals surface area contributed by atoms with E-state index in [-0.39, 0.29) is 5.91 Å². The number of carbonyl (C=O) groups is 1. The lowest BCUT2D eigenvalue weighted by Crippen LogP contribution is -2.12. The summed E-state index contributed by atoms with van der Waals surface area (Å²) >= 11 is 0. The lowest BCUT2D eigenvalue weighted by Gasteiger charge is -2.11. The average molecular weight is 311 g/mol. The van der Waals surface area contributed by atoms with Crippen molar-refractivity contribution in [2.75, 3.05) is 11.9 Å². The quantitative estimate of drug-likeness (QED) is 0.806. The minimum absolute atomic E-state index is 0.128. The molecule has 1 N–H and O–H groups in total. The van der Waals surface area contributed by atoms with E-state index in [9.17, 15) is 4.79 Å². The number of rotatable bonds is 6. The third-order valence-electron chi connectivity index (χ3n) is 3.51. The highest BCUT2D eigenvalue weighted by Crippen LogP contribution is 2.19. The Labute approximate surface area is 138 Å². The van der Waals surface area contributed by atoms with Gasteiger partial charge in [0, 0.05) is 11.3 Å². The summed E-state index contributed by atoms with van der Waals surface area (Å²) in [7, 11) is 0. The Bertz CT molecular complexity index is 645. The number of amides is 1. The van der Waals surface area contributed by atoms with Gasteiger partial charge in [-0.05, 0) is 47.7 Å². The van der Waals surface area contributed by atoms with E-state index in [2.05, 4.69) is 33.0 Å².